The van der Waals surface area contributed by atoms with E-state index in [1.54, 1.807) is 7.05 Å². The van der Waals surface area contributed by atoms with Crippen LogP contribution in [-0.4, -0.2) is 46.0 Å². The van der Waals surface area contributed by atoms with Gasteiger partial charge in [-0.15, -0.1) is 0 Å². The van der Waals surface area contributed by atoms with Crippen LogP contribution in [0, 0.1) is 0 Å². The van der Waals surface area contributed by atoms with Gasteiger partial charge in [-0.3, -0.25) is 4.79 Å². The highest BCUT2D eigenvalue weighted by molar-refractivity contribution is 7.89. The minimum Gasteiger partial charge on any atom is -0.380 e. The second kappa shape index (κ2) is 6.53. The van der Waals surface area contributed by atoms with Gasteiger partial charge in [0, 0.05) is 20.7 Å². The van der Waals surface area contributed by atoms with Gasteiger partial charge >= 0.3 is 0 Å². The second-order valence-electron chi connectivity index (χ2n) is 4.42. The molecule has 0 aliphatic heterocycles. The molecule has 1 aromatic rings. The summed E-state index contributed by atoms with van der Waals surface area (Å²) in [6, 6.07) is 3.77. The smallest absolute Gasteiger partial charge is 0.255 e. The molecule has 0 saturated heterocycles. The summed E-state index contributed by atoms with van der Waals surface area (Å²) in [4.78, 5) is 13.5. The lowest BCUT2D eigenvalue weighted by molar-refractivity contribution is 0.0600. The number of nitrogens with zero attached hydrogens (tertiary/aromatic N) is 1. The Balaban J connectivity index is 3.09. The van der Waals surface area contributed by atoms with Gasteiger partial charge in [0.2, 0.25) is 10.0 Å². The Labute approximate surface area is 123 Å². The van der Waals surface area contributed by atoms with Crippen LogP contribution in [0.25, 0.3) is 0 Å². The van der Waals surface area contributed by atoms with E-state index in [4.69, 9.17) is 21.5 Å². The molecule has 0 bridgehead atoms. The fourth-order valence-electron chi connectivity index (χ4n) is 1.59. The Kier molecular flexibility index (Phi) is 5.52. The van der Waals surface area contributed by atoms with Crippen LogP contribution in [-0.2, 0) is 14.8 Å². The summed E-state index contributed by atoms with van der Waals surface area (Å²) in [5, 5.41) is 5.20. The first-order valence-corrected chi connectivity index (χ1v) is 7.70. The fourth-order valence-corrected chi connectivity index (χ4v) is 2.33. The number of nitrogens with two attached hydrogens (primary N) is 1. The molecular formula is C12H17ClN2O4S. The van der Waals surface area contributed by atoms with E-state index in [2.05, 4.69) is 0 Å². The predicted molar refractivity (Wildman–Crippen MR) is 76.3 cm³/mol. The first-order valence-electron chi connectivity index (χ1n) is 5.77. The maximum absolute atomic E-state index is 12.2. The third-order valence-corrected chi connectivity index (χ3v) is 4.02. The van der Waals surface area contributed by atoms with Gasteiger partial charge in [0.05, 0.1) is 21.6 Å². The van der Waals surface area contributed by atoms with Crippen molar-refractivity contribution in [2.45, 2.75) is 17.9 Å². The number of hydrogen-bond donors (Lipinski definition) is 1. The van der Waals surface area contributed by atoms with Gasteiger partial charge in [0.1, 0.15) is 0 Å². The normalized spacial score (nSPS) is 13.1. The van der Waals surface area contributed by atoms with Crippen LogP contribution in [0.4, 0.5) is 0 Å². The zero-order valence-corrected chi connectivity index (χ0v) is 13.0. The molecule has 8 heteroatoms. The second-order valence-corrected chi connectivity index (χ2v) is 6.39. The number of ether oxygens (including phenoxy) is 1. The molecule has 0 heterocycles. The molecule has 0 saturated carbocycles. The van der Waals surface area contributed by atoms with E-state index in [1.807, 2.05) is 6.92 Å². The average molecular weight is 321 g/mol. The Bertz CT molecular complexity index is 603. The zero-order chi connectivity index (χ0) is 15.5. The highest BCUT2D eigenvalue weighted by atomic mass is 35.5. The highest BCUT2D eigenvalue weighted by Crippen LogP contribution is 2.21. The van der Waals surface area contributed by atoms with Gasteiger partial charge in [0.25, 0.3) is 5.91 Å². The van der Waals surface area contributed by atoms with Crippen LogP contribution in [0.1, 0.15) is 17.3 Å². The largest absolute Gasteiger partial charge is 0.380 e. The third kappa shape index (κ3) is 4.17. The molecule has 2 N–H and O–H groups in total. The topological polar surface area (TPSA) is 89.7 Å². The van der Waals surface area contributed by atoms with Gasteiger partial charge in [0.15, 0.2) is 0 Å². The maximum Gasteiger partial charge on any atom is 0.255 e. The molecule has 20 heavy (non-hydrogen) atoms. The minimum absolute atomic E-state index is 0.0870. The molecule has 0 aliphatic carbocycles. The molecule has 0 spiro atoms. The van der Waals surface area contributed by atoms with Crippen LogP contribution >= 0.6 is 11.6 Å². The van der Waals surface area contributed by atoms with Crippen molar-refractivity contribution in [2.24, 2.45) is 5.14 Å². The van der Waals surface area contributed by atoms with Crippen molar-refractivity contribution in [3.05, 3.63) is 28.8 Å². The van der Waals surface area contributed by atoms with Crippen molar-refractivity contribution in [3.8, 4) is 0 Å². The molecule has 1 atom stereocenters. The molecule has 0 aromatic heterocycles. The Morgan fingerprint density at radius 1 is 1.50 bits per heavy atom. The van der Waals surface area contributed by atoms with E-state index in [-0.39, 0.29) is 21.6 Å². The van der Waals surface area contributed by atoms with E-state index in [0.29, 0.717) is 6.54 Å². The summed E-state index contributed by atoms with van der Waals surface area (Å²) >= 11 is 5.94. The van der Waals surface area contributed by atoms with Gasteiger partial charge in [-0.25, -0.2) is 13.6 Å². The molecule has 0 radical (unpaired) electrons. The summed E-state index contributed by atoms with van der Waals surface area (Å²) in [6.07, 6.45) is -0.149. The number of likely N-dealkylation sites (N-methyl/N-ethyl adjacent to an activating group) is 1. The molecule has 1 rings (SSSR count). The first kappa shape index (κ1) is 16.9. The number of rotatable bonds is 5. The molecule has 1 unspecified atom stereocenters. The van der Waals surface area contributed by atoms with Gasteiger partial charge < -0.3 is 9.64 Å². The van der Waals surface area contributed by atoms with Crippen LogP contribution < -0.4 is 5.14 Å². The number of primary sulfonamides is 1. The maximum atomic E-state index is 12.2. The monoisotopic (exact) mass is 320 g/mol. The van der Waals surface area contributed by atoms with Crippen molar-refractivity contribution in [2.75, 3.05) is 20.7 Å². The summed E-state index contributed by atoms with van der Waals surface area (Å²) in [5.74, 6) is -0.399. The van der Waals surface area contributed by atoms with E-state index in [1.165, 1.54) is 30.2 Å². The summed E-state index contributed by atoms with van der Waals surface area (Å²) < 4.78 is 27.7. The first-order chi connectivity index (χ1) is 9.16. The van der Waals surface area contributed by atoms with E-state index < -0.39 is 15.9 Å². The molecule has 6 nitrogen and oxygen atoms in total. The summed E-state index contributed by atoms with van der Waals surface area (Å²) in [5.41, 5.74) is 0.0870. The third-order valence-electron chi connectivity index (χ3n) is 2.78. The van der Waals surface area contributed by atoms with Crippen molar-refractivity contribution in [3.63, 3.8) is 0 Å². The predicted octanol–water partition coefficient (Wildman–Crippen LogP) is 1.09. The van der Waals surface area contributed by atoms with Crippen LogP contribution in [0.5, 0.6) is 0 Å². The van der Waals surface area contributed by atoms with E-state index >= 15 is 0 Å². The SMILES string of the molecule is COC(C)CN(C)C(=O)c1cc(S(N)(=O)=O)ccc1Cl. The lowest BCUT2D eigenvalue weighted by Crippen LogP contribution is -2.34. The molecule has 0 aliphatic rings. The number of sulfonamides is 1. The number of carbonyl (C=O) groups is 1. The highest BCUT2D eigenvalue weighted by Gasteiger charge is 2.19. The Morgan fingerprint density at radius 3 is 2.60 bits per heavy atom. The zero-order valence-electron chi connectivity index (χ0n) is 11.5. The molecule has 0 fully saturated rings. The van der Waals surface area contributed by atoms with Crippen molar-refractivity contribution >= 4 is 27.5 Å². The fraction of sp³-hybridized carbons (Fsp3) is 0.417. The lowest BCUT2D eigenvalue weighted by atomic mass is 10.2. The standard InChI is InChI=1S/C12H17ClN2O4S/c1-8(19-3)7-15(2)12(16)10-6-9(20(14,17)18)4-5-11(10)13/h4-6,8H,7H2,1-3H3,(H2,14,17,18). The Hall–Kier alpha value is -1.15. The number of halogens is 1. The van der Waals surface area contributed by atoms with Gasteiger partial charge in [-0.1, -0.05) is 11.6 Å². The van der Waals surface area contributed by atoms with Crippen molar-refractivity contribution < 1.29 is 17.9 Å². The van der Waals surface area contributed by atoms with Crippen LogP contribution in [0.15, 0.2) is 23.1 Å². The van der Waals surface area contributed by atoms with E-state index in [9.17, 15) is 13.2 Å². The number of methoxy groups -OCH3 is 1. The molecular weight excluding hydrogens is 304 g/mol. The molecule has 1 amide bonds. The average Bonchev–Trinajstić information content (AvgIpc) is 2.36. The van der Waals surface area contributed by atoms with Gasteiger partial charge in [-0.2, -0.15) is 0 Å². The number of carbonyl (C=O) groups excluding carboxylic acids is 1. The van der Waals surface area contributed by atoms with E-state index in [0.717, 1.165) is 0 Å². The lowest BCUT2D eigenvalue weighted by Gasteiger charge is -2.21. The summed E-state index contributed by atoms with van der Waals surface area (Å²) in [7, 11) is -0.763. The van der Waals surface area contributed by atoms with Crippen molar-refractivity contribution in [1.82, 2.24) is 4.90 Å². The summed E-state index contributed by atoms with van der Waals surface area (Å²) in [6.45, 7) is 2.16. The quantitative estimate of drug-likeness (QED) is 0.879. The number of hydrogen-bond acceptors (Lipinski definition) is 4. The number of amides is 1. The van der Waals surface area contributed by atoms with Crippen LogP contribution in [0.3, 0.4) is 0 Å². The van der Waals surface area contributed by atoms with Crippen molar-refractivity contribution in [1.29, 1.82) is 0 Å². The molecule has 1 aromatic carbocycles. The number of benzene rings is 1. The Morgan fingerprint density at radius 2 is 2.10 bits per heavy atom. The van der Waals surface area contributed by atoms with Crippen LogP contribution in [0.2, 0.25) is 5.02 Å². The van der Waals surface area contributed by atoms with Gasteiger partial charge in [-0.05, 0) is 25.1 Å². The minimum atomic E-state index is -3.88. The molecule has 112 valence electrons.